The van der Waals surface area contributed by atoms with Crippen LogP contribution >= 0.6 is 12.4 Å². The Balaban J connectivity index is 0.00000256. The van der Waals surface area contributed by atoms with E-state index in [-0.39, 0.29) is 24.5 Å². The van der Waals surface area contributed by atoms with Crippen LogP contribution in [-0.2, 0) is 11.3 Å². The highest BCUT2D eigenvalue weighted by Crippen LogP contribution is 2.13. The molecule has 6 heteroatoms. The lowest BCUT2D eigenvalue weighted by molar-refractivity contribution is -0.142. The number of carboxylic acids is 1. The molecule has 0 aliphatic heterocycles. The number of aliphatic carboxylic acids is 1. The van der Waals surface area contributed by atoms with Crippen molar-refractivity contribution in [1.82, 2.24) is 4.90 Å². The number of nitrogens with zero attached hydrogens (tertiary/aromatic N) is 1. The van der Waals surface area contributed by atoms with Crippen molar-refractivity contribution in [3.63, 3.8) is 0 Å². The maximum absolute atomic E-state index is 13.3. The molecule has 96 valence electrons. The van der Waals surface area contributed by atoms with Gasteiger partial charge in [0.1, 0.15) is 17.7 Å². The van der Waals surface area contributed by atoms with Crippen molar-refractivity contribution in [3.8, 4) is 0 Å². The van der Waals surface area contributed by atoms with Crippen molar-refractivity contribution in [3.05, 3.63) is 35.4 Å². The summed E-state index contributed by atoms with van der Waals surface area (Å²) >= 11 is 0. The van der Waals surface area contributed by atoms with Gasteiger partial charge in [0.15, 0.2) is 0 Å². The maximum atomic E-state index is 13.3. The second-order valence-electron chi connectivity index (χ2n) is 3.67. The van der Waals surface area contributed by atoms with E-state index in [1.54, 1.807) is 7.05 Å². The molecular formula is C11H14ClF2NO2. The highest BCUT2D eigenvalue weighted by Gasteiger charge is 2.18. The summed E-state index contributed by atoms with van der Waals surface area (Å²) < 4.78 is 26.1. The predicted molar refractivity (Wildman–Crippen MR) is 62.2 cm³/mol. The Morgan fingerprint density at radius 1 is 1.47 bits per heavy atom. The number of hydrogen-bond donors (Lipinski definition) is 1. The standard InChI is InChI=1S/C11H13F2NO2.ClH/c1-7(11(15)16)14(2)6-8-5-9(12)3-4-10(8)13;/h3-5,7H,6H2,1-2H3,(H,15,16);1H. The van der Waals surface area contributed by atoms with Gasteiger partial charge in [0.05, 0.1) is 0 Å². The van der Waals surface area contributed by atoms with Crippen LogP contribution in [0.2, 0.25) is 0 Å². The summed E-state index contributed by atoms with van der Waals surface area (Å²) in [5, 5.41) is 8.74. The molecule has 0 saturated heterocycles. The van der Waals surface area contributed by atoms with Crippen LogP contribution in [-0.4, -0.2) is 29.1 Å². The summed E-state index contributed by atoms with van der Waals surface area (Å²) in [6, 6.07) is 2.38. The lowest BCUT2D eigenvalue weighted by Gasteiger charge is -2.21. The summed E-state index contributed by atoms with van der Waals surface area (Å²) in [7, 11) is 1.54. The Hall–Kier alpha value is -1.20. The number of carboxylic acid groups (broad SMARTS) is 1. The summed E-state index contributed by atoms with van der Waals surface area (Å²) in [6.07, 6.45) is 0. The fourth-order valence-corrected chi connectivity index (χ4v) is 1.26. The first-order chi connectivity index (χ1) is 7.41. The van der Waals surface area contributed by atoms with E-state index in [4.69, 9.17) is 5.11 Å². The first-order valence-corrected chi connectivity index (χ1v) is 4.78. The number of benzene rings is 1. The molecule has 1 aromatic rings. The first kappa shape index (κ1) is 15.8. The molecule has 0 heterocycles. The van der Waals surface area contributed by atoms with Crippen molar-refractivity contribution in [1.29, 1.82) is 0 Å². The van der Waals surface area contributed by atoms with E-state index in [9.17, 15) is 13.6 Å². The van der Waals surface area contributed by atoms with Gasteiger partial charge in [0, 0.05) is 12.1 Å². The van der Waals surface area contributed by atoms with Gasteiger partial charge in [-0.05, 0) is 32.2 Å². The molecule has 0 aliphatic carbocycles. The third kappa shape index (κ3) is 4.28. The molecule has 0 amide bonds. The molecule has 1 rings (SSSR count). The topological polar surface area (TPSA) is 40.5 Å². The molecule has 1 aromatic carbocycles. The van der Waals surface area contributed by atoms with Gasteiger partial charge in [-0.25, -0.2) is 8.78 Å². The third-order valence-corrected chi connectivity index (χ3v) is 2.45. The van der Waals surface area contributed by atoms with Crippen molar-refractivity contribution < 1.29 is 18.7 Å². The lowest BCUT2D eigenvalue weighted by atomic mass is 10.1. The molecule has 0 bridgehead atoms. The van der Waals surface area contributed by atoms with Gasteiger partial charge in [0.2, 0.25) is 0 Å². The van der Waals surface area contributed by atoms with E-state index >= 15 is 0 Å². The minimum absolute atomic E-state index is 0. The number of carbonyl (C=O) groups is 1. The van der Waals surface area contributed by atoms with Crippen LogP contribution in [0.1, 0.15) is 12.5 Å². The molecule has 17 heavy (non-hydrogen) atoms. The van der Waals surface area contributed by atoms with Crippen LogP contribution in [0.15, 0.2) is 18.2 Å². The average molecular weight is 266 g/mol. The molecule has 1 N–H and O–H groups in total. The number of halogens is 3. The molecule has 3 nitrogen and oxygen atoms in total. The van der Waals surface area contributed by atoms with Crippen LogP contribution in [0.25, 0.3) is 0 Å². The zero-order chi connectivity index (χ0) is 12.3. The summed E-state index contributed by atoms with van der Waals surface area (Å²) in [5.74, 6) is -2.07. The fraction of sp³-hybridized carbons (Fsp3) is 0.364. The van der Waals surface area contributed by atoms with Crippen LogP contribution in [0.5, 0.6) is 0 Å². The Labute approximate surface area is 104 Å². The smallest absolute Gasteiger partial charge is 0.320 e. The van der Waals surface area contributed by atoms with Crippen LogP contribution in [0, 0.1) is 11.6 Å². The van der Waals surface area contributed by atoms with E-state index in [2.05, 4.69) is 0 Å². The largest absolute Gasteiger partial charge is 0.480 e. The number of rotatable bonds is 4. The van der Waals surface area contributed by atoms with Crippen molar-refractivity contribution >= 4 is 18.4 Å². The molecule has 1 unspecified atom stereocenters. The van der Waals surface area contributed by atoms with Crippen molar-refractivity contribution in [2.75, 3.05) is 7.05 Å². The third-order valence-electron chi connectivity index (χ3n) is 2.45. The predicted octanol–water partition coefficient (Wildman–Crippen LogP) is 2.29. The average Bonchev–Trinajstić information content (AvgIpc) is 2.22. The first-order valence-electron chi connectivity index (χ1n) is 4.78. The van der Waals surface area contributed by atoms with Gasteiger partial charge in [-0.1, -0.05) is 0 Å². The Bertz CT molecular complexity index is 401. The highest BCUT2D eigenvalue weighted by molar-refractivity contribution is 5.85. The molecular weight excluding hydrogens is 252 g/mol. The van der Waals surface area contributed by atoms with Crippen molar-refractivity contribution in [2.45, 2.75) is 19.5 Å². The van der Waals surface area contributed by atoms with Gasteiger partial charge in [-0.3, -0.25) is 9.69 Å². The Morgan fingerprint density at radius 3 is 2.59 bits per heavy atom. The molecule has 0 aliphatic rings. The molecule has 0 fully saturated rings. The minimum atomic E-state index is -1.00. The maximum Gasteiger partial charge on any atom is 0.320 e. The van der Waals surface area contributed by atoms with Crippen LogP contribution in [0.4, 0.5) is 8.78 Å². The van der Waals surface area contributed by atoms with Crippen LogP contribution in [0.3, 0.4) is 0 Å². The second kappa shape index (κ2) is 6.51. The zero-order valence-electron chi connectivity index (χ0n) is 9.48. The van der Waals surface area contributed by atoms with E-state index in [1.807, 2.05) is 0 Å². The SMILES string of the molecule is CC(C(=O)O)N(C)Cc1cc(F)ccc1F.Cl. The van der Waals surface area contributed by atoms with E-state index in [0.717, 1.165) is 18.2 Å². The van der Waals surface area contributed by atoms with Crippen LogP contribution < -0.4 is 0 Å². The zero-order valence-corrected chi connectivity index (χ0v) is 10.3. The minimum Gasteiger partial charge on any atom is -0.480 e. The molecule has 0 saturated carbocycles. The van der Waals surface area contributed by atoms with Gasteiger partial charge in [-0.2, -0.15) is 0 Å². The van der Waals surface area contributed by atoms with Gasteiger partial charge in [0.25, 0.3) is 0 Å². The molecule has 0 spiro atoms. The van der Waals surface area contributed by atoms with Gasteiger partial charge in [-0.15, -0.1) is 12.4 Å². The van der Waals surface area contributed by atoms with Gasteiger partial charge >= 0.3 is 5.97 Å². The molecule has 0 radical (unpaired) electrons. The fourth-order valence-electron chi connectivity index (χ4n) is 1.26. The van der Waals surface area contributed by atoms with E-state index < -0.39 is 23.6 Å². The lowest BCUT2D eigenvalue weighted by Crippen LogP contribution is -2.35. The summed E-state index contributed by atoms with van der Waals surface area (Å²) in [6.45, 7) is 1.54. The normalized spacial score (nSPS) is 12.1. The number of likely N-dealkylation sites (N-methyl/N-ethyl adjacent to an activating group) is 1. The van der Waals surface area contributed by atoms with E-state index in [0.29, 0.717) is 0 Å². The Kier molecular flexibility index (Phi) is 6.05. The quantitative estimate of drug-likeness (QED) is 0.908. The second-order valence-corrected chi connectivity index (χ2v) is 3.67. The molecule has 1 atom stereocenters. The summed E-state index contributed by atoms with van der Waals surface area (Å²) in [5.41, 5.74) is 0.149. The van der Waals surface area contributed by atoms with Gasteiger partial charge < -0.3 is 5.11 Å². The van der Waals surface area contributed by atoms with E-state index in [1.165, 1.54) is 11.8 Å². The monoisotopic (exact) mass is 265 g/mol. The number of hydrogen-bond acceptors (Lipinski definition) is 2. The van der Waals surface area contributed by atoms with Crippen molar-refractivity contribution in [2.24, 2.45) is 0 Å². The molecule has 0 aromatic heterocycles. The Morgan fingerprint density at radius 2 is 2.06 bits per heavy atom. The summed E-state index contributed by atoms with van der Waals surface area (Å²) in [4.78, 5) is 12.1. The highest BCUT2D eigenvalue weighted by atomic mass is 35.5.